The van der Waals surface area contributed by atoms with Crippen LogP contribution in [0.4, 0.5) is 23.0 Å². The molecule has 6 rings (SSSR count). The lowest BCUT2D eigenvalue weighted by Crippen LogP contribution is -2.00. The molecule has 8 N–H and O–H groups in total. The minimum atomic E-state index is 0.474. The van der Waals surface area contributed by atoms with Crippen molar-refractivity contribution in [3.05, 3.63) is 85.2 Å². The maximum absolute atomic E-state index is 6.45. The Morgan fingerprint density at radius 1 is 0.579 bits per heavy atom. The van der Waals surface area contributed by atoms with Gasteiger partial charge < -0.3 is 22.9 Å². The molecule has 0 saturated heterocycles. The van der Waals surface area contributed by atoms with Gasteiger partial charge >= 0.3 is 0 Å². The quantitative estimate of drug-likeness (QED) is 0.202. The van der Waals surface area contributed by atoms with E-state index in [2.05, 4.69) is 44.2 Å². The van der Waals surface area contributed by atoms with Gasteiger partial charge in [-0.25, -0.2) is 9.98 Å². The molecule has 4 heterocycles. The first kappa shape index (κ1) is 22.8. The Morgan fingerprint density at radius 3 is 1.34 bits per heavy atom. The molecule has 0 aliphatic rings. The van der Waals surface area contributed by atoms with Crippen molar-refractivity contribution in [2.45, 2.75) is 0 Å². The van der Waals surface area contributed by atoms with Gasteiger partial charge in [0.05, 0.1) is 23.7 Å². The standard InChI is InChI=1S/C28H24N10/c29-15-35-25-23-21(3-1-13-33-23)37(27(25)31)19-9-5-17(6-10-19)18-7-11-20(12-8-18)38-22-4-2-14-34-24(22)26(28(38)32)36-16-30/h1-16H,31-32H2,(H2,29,35)(H2,30,36). The summed E-state index contributed by atoms with van der Waals surface area (Å²) in [5.41, 5.74) is 32.1. The zero-order valence-electron chi connectivity index (χ0n) is 20.2. The van der Waals surface area contributed by atoms with E-state index >= 15 is 0 Å². The van der Waals surface area contributed by atoms with Gasteiger partial charge in [-0.1, -0.05) is 24.3 Å². The van der Waals surface area contributed by atoms with E-state index in [9.17, 15) is 0 Å². The first-order valence-corrected chi connectivity index (χ1v) is 11.8. The van der Waals surface area contributed by atoms with E-state index in [1.807, 2.05) is 57.7 Å². The summed E-state index contributed by atoms with van der Waals surface area (Å²) in [6.45, 7) is 0. The fourth-order valence-electron chi connectivity index (χ4n) is 4.80. The summed E-state index contributed by atoms with van der Waals surface area (Å²) in [7, 11) is 0. The molecule has 0 amide bonds. The fourth-order valence-corrected chi connectivity index (χ4v) is 4.80. The second-order valence-corrected chi connectivity index (χ2v) is 8.53. The molecule has 10 nitrogen and oxygen atoms in total. The van der Waals surface area contributed by atoms with E-state index in [4.69, 9.17) is 22.9 Å². The number of nitrogen functional groups attached to an aromatic ring is 2. The molecule has 0 bridgehead atoms. The molecule has 0 fully saturated rings. The number of nitrogens with two attached hydrogens (primary N) is 4. The Bertz CT molecular complexity index is 1700. The van der Waals surface area contributed by atoms with Crippen molar-refractivity contribution in [3.8, 4) is 22.5 Å². The van der Waals surface area contributed by atoms with Crippen molar-refractivity contribution in [1.29, 1.82) is 0 Å². The number of rotatable bonds is 5. The monoisotopic (exact) mass is 500 g/mol. The summed E-state index contributed by atoms with van der Waals surface area (Å²) in [5.74, 6) is 0.948. The first-order valence-electron chi connectivity index (χ1n) is 11.8. The zero-order chi connectivity index (χ0) is 26.2. The van der Waals surface area contributed by atoms with E-state index in [1.54, 1.807) is 12.4 Å². The molecule has 6 aromatic rings. The number of nitrogens with zero attached hydrogens (tertiary/aromatic N) is 6. The van der Waals surface area contributed by atoms with Crippen LogP contribution in [0.1, 0.15) is 0 Å². The average molecular weight is 501 g/mol. The summed E-state index contributed by atoms with van der Waals surface area (Å²) in [5, 5.41) is 0. The van der Waals surface area contributed by atoms with Crippen molar-refractivity contribution in [2.75, 3.05) is 11.5 Å². The molecule has 0 atom stereocenters. The topological polar surface area (TPSA) is 164 Å². The van der Waals surface area contributed by atoms with Gasteiger partial charge in [-0.05, 0) is 59.7 Å². The summed E-state index contributed by atoms with van der Waals surface area (Å²) in [6, 6.07) is 23.9. The van der Waals surface area contributed by atoms with Crippen LogP contribution in [0.3, 0.4) is 0 Å². The Hall–Kier alpha value is -5.64. The average Bonchev–Trinajstić information content (AvgIpc) is 3.39. The Balaban J connectivity index is 1.37. The maximum atomic E-state index is 6.45. The lowest BCUT2D eigenvalue weighted by molar-refractivity contribution is 1.13. The predicted octanol–water partition coefficient (Wildman–Crippen LogP) is 4.43. The Labute approximate surface area is 217 Å². The number of anilines is 2. The molecule has 2 aromatic carbocycles. The van der Waals surface area contributed by atoms with Gasteiger partial charge in [0, 0.05) is 23.8 Å². The van der Waals surface area contributed by atoms with Gasteiger partial charge in [-0.15, -0.1) is 0 Å². The van der Waals surface area contributed by atoms with E-state index < -0.39 is 0 Å². The minimum absolute atomic E-state index is 0.474. The van der Waals surface area contributed by atoms with E-state index in [0.717, 1.165) is 33.5 Å². The molecule has 0 aliphatic carbocycles. The number of aromatic nitrogens is 4. The van der Waals surface area contributed by atoms with Crippen LogP contribution in [0.2, 0.25) is 0 Å². The Kier molecular flexibility index (Phi) is 5.46. The molecule has 0 unspecified atom stereocenters. The van der Waals surface area contributed by atoms with Crippen molar-refractivity contribution in [1.82, 2.24) is 19.1 Å². The molecule has 4 aromatic heterocycles. The van der Waals surface area contributed by atoms with Crippen LogP contribution in [-0.2, 0) is 0 Å². The lowest BCUT2D eigenvalue weighted by atomic mass is 10.0. The van der Waals surface area contributed by atoms with Crippen molar-refractivity contribution >= 4 is 57.8 Å². The summed E-state index contributed by atoms with van der Waals surface area (Å²) in [6.07, 6.45) is 5.87. The molecule has 0 spiro atoms. The largest absolute Gasteiger partial charge is 0.390 e. The van der Waals surface area contributed by atoms with Crippen LogP contribution in [0, 0.1) is 0 Å². The van der Waals surface area contributed by atoms with Crippen LogP contribution in [-0.4, -0.2) is 31.8 Å². The number of hydrogen-bond donors (Lipinski definition) is 4. The van der Waals surface area contributed by atoms with Crippen LogP contribution in [0.15, 0.2) is 95.2 Å². The fraction of sp³-hybridized carbons (Fsp3) is 0. The molecule has 0 saturated carbocycles. The third-order valence-electron chi connectivity index (χ3n) is 6.46. The number of hydrogen-bond acceptors (Lipinski definition) is 6. The van der Waals surface area contributed by atoms with Gasteiger partial charge in [0.2, 0.25) is 0 Å². The van der Waals surface area contributed by atoms with Crippen LogP contribution in [0.25, 0.3) is 44.6 Å². The van der Waals surface area contributed by atoms with E-state index in [0.29, 0.717) is 34.0 Å². The van der Waals surface area contributed by atoms with Crippen molar-refractivity contribution < 1.29 is 0 Å². The second kappa shape index (κ2) is 9.10. The van der Waals surface area contributed by atoms with Crippen molar-refractivity contribution in [2.24, 2.45) is 21.5 Å². The minimum Gasteiger partial charge on any atom is -0.390 e. The zero-order valence-corrected chi connectivity index (χ0v) is 20.2. The van der Waals surface area contributed by atoms with Gasteiger partial charge in [-0.3, -0.25) is 19.1 Å². The number of aliphatic imine (C=N–C) groups is 2. The smallest absolute Gasteiger partial charge is 0.137 e. The Morgan fingerprint density at radius 2 is 0.974 bits per heavy atom. The highest BCUT2D eigenvalue weighted by Crippen LogP contribution is 2.38. The highest BCUT2D eigenvalue weighted by molar-refractivity contribution is 5.99. The molecule has 10 heteroatoms. The number of benzene rings is 2. The summed E-state index contributed by atoms with van der Waals surface area (Å²) in [4.78, 5) is 17.3. The van der Waals surface area contributed by atoms with Gasteiger partial charge in [-0.2, -0.15) is 0 Å². The third kappa shape index (κ3) is 3.51. The lowest BCUT2D eigenvalue weighted by Gasteiger charge is -2.11. The molecule has 0 radical (unpaired) electrons. The van der Waals surface area contributed by atoms with Crippen molar-refractivity contribution in [3.63, 3.8) is 0 Å². The van der Waals surface area contributed by atoms with Crippen LogP contribution < -0.4 is 22.9 Å². The van der Waals surface area contributed by atoms with Crippen LogP contribution in [0.5, 0.6) is 0 Å². The summed E-state index contributed by atoms with van der Waals surface area (Å²) < 4.78 is 3.85. The molecule has 0 aliphatic heterocycles. The molecule has 186 valence electrons. The predicted molar refractivity (Wildman–Crippen MR) is 155 cm³/mol. The molecular weight excluding hydrogens is 476 g/mol. The van der Waals surface area contributed by atoms with Gasteiger partial charge in [0.15, 0.2) is 0 Å². The van der Waals surface area contributed by atoms with Gasteiger partial charge in [0.25, 0.3) is 0 Å². The maximum Gasteiger partial charge on any atom is 0.137 e. The third-order valence-corrected chi connectivity index (χ3v) is 6.46. The van der Waals surface area contributed by atoms with Gasteiger partial charge in [0.1, 0.15) is 34.0 Å². The molecular formula is C28H24N10. The SMILES string of the molecule is NC=Nc1c(N)n(-c2ccc(-c3ccc(-n4c(N)c(N=CN)c5ncccc54)cc3)cc2)c2cccnc12. The second-order valence-electron chi connectivity index (χ2n) is 8.53. The van der Waals surface area contributed by atoms with E-state index in [1.165, 1.54) is 12.7 Å². The van der Waals surface area contributed by atoms with E-state index in [-0.39, 0.29) is 0 Å². The highest BCUT2D eigenvalue weighted by Gasteiger charge is 2.18. The van der Waals surface area contributed by atoms with Crippen LogP contribution >= 0.6 is 0 Å². The summed E-state index contributed by atoms with van der Waals surface area (Å²) >= 11 is 0. The highest BCUT2D eigenvalue weighted by atomic mass is 15.1. The normalized spacial score (nSPS) is 11.9. The molecule has 38 heavy (non-hydrogen) atoms. The first-order chi connectivity index (χ1) is 18.6. The number of fused-ring (bicyclic) bond motifs is 2. The number of pyridine rings is 2.